The van der Waals surface area contributed by atoms with Crippen molar-refractivity contribution < 1.29 is 8.42 Å². The third-order valence-corrected chi connectivity index (χ3v) is 4.83. The van der Waals surface area contributed by atoms with Crippen molar-refractivity contribution in [2.75, 3.05) is 13.6 Å². The van der Waals surface area contributed by atoms with E-state index in [1.54, 1.807) is 11.4 Å². The van der Waals surface area contributed by atoms with Crippen molar-refractivity contribution in [3.8, 4) is 0 Å². The Balaban J connectivity index is 2.62. The molecule has 1 aromatic heterocycles. The number of rotatable bonds is 7. The first-order valence-corrected chi connectivity index (χ1v) is 8.03. The molecule has 0 radical (unpaired) electrons. The molecule has 0 saturated heterocycles. The van der Waals surface area contributed by atoms with Crippen LogP contribution in [0.3, 0.4) is 0 Å². The van der Waals surface area contributed by atoms with Gasteiger partial charge in [0, 0.05) is 23.3 Å². The fourth-order valence-corrected chi connectivity index (χ4v) is 3.67. The molecule has 0 aliphatic carbocycles. The van der Waals surface area contributed by atoms with Gasteiger partial charge in [-0.1, -0.05) is 13.8 Å². The van der Waals surface area contributed by atoms with E-state index in [0.29, 0.717) is 23.9 Å². The minimum absolute atomic E-state index is 0.372. The van der Waals surface area contributed by atoms with Crippen molar-refractivity contribution in [2.24, 2.45) is 5.92 Å². The van der Waals surface area contributed by atoms with E-state index in [1.807, 2.05) is 7.05 Å². The van der Waals surface area contributed by atoms with E-state index in [-0.39, 0.29) is 0 Å². The van der Waals surface area contributed by atoms with Gasteiger partial charge in [-0.25, -0.2) is 13.1 Å². The highest BCUT2D eigenvalue weighted by molar-refractivity contribution is 7.89. The molecular weight excluding hydrogens is 256 g/mol. The maximum absolute atomic E-state index is 11.9. The zero-order valence-electron chi connectivity index (χ0n) is 10.5. The van der Waals surface area contributed by atoms with Gasteiger partial charge in [0.05, 0.1) is 4.90 Å². The first-order chi connectivity index (χ1) is 7.95. The van der Waals surface area contributed by atoms with Gasteiger partial charge < -0.3 is 5.32 Å². The fraction of sp³-hybridized carbons (Fsp3) is 0.636. The Morgan fingerprint density at radius 1 is 1.41 bits per heavy atom. The van der Waals surface area contributed by atoms with E-state index in [4.69, 9.17) is 0 Å². The summed E-state index contributed by atoms with van der Waals surface area (Å²) < 4.78 is 26.4. The third kappa shape index (κ3) is 4.75. The lowest BCUT2D eigenvalue weighted by Crippen LogP contribution is -2.25. The normalized spacial score (nSPS) is 12.2. The van der Waals surface area contributed by atoms with E-state index in [9.17, 15) is 8.42 Å². The number of hydrogen-bond donors (Lipinski definition) is 2. The number of thiophene rings is 1. The molecule has 1 heterocycles. The molecule has 4 nitrogen and oxygen atoms in total. The second-order valence-corrected chi connectivity index (χ2v) is 7.12. The van der Waals surface area contributed by atoms with Gasteiger partial charge in [0.2, 0.25) is 10.0 Å². The Morgan fingerprint density at radius 2 is 2.12 bits per heavy atom. The average molecular weight is 276 g/mol. The van der Waals surface area contributed by atoms with Crippen LogP contribution in [-0.4, -0.2) is 22.0 Å². The Morgan fingerprint density at radius 3 is 2.71 bits per heavy atom. The fourth-order valence-electron chi connectivity index (χ4n) is 1.33. The minimum Gasteiger partial charge on any atom is -0.315 e. The smallest absolute Gasteiger partial charge is 0.241 e. The predicted molar refractivity (Wildman–Crippen MR) is 71.7 cm³/mol. The summed E-state index contributed by atoms with van der Waals surface area (Å²) in [4.78, 5) is 1.40. The van der Waals surface area contributed by atoms with Crippen LogP contribution < -0.4 is 10.0 Å². The Hall–Kier alpha value is -0.430. The first-order valence-electron chi connectivity index (χ1n) is 5.67. The van der Waals surface area contributed by atoms with Crippen molar-refractivity contribution in [1.82, 2.24) is 10.0 Å². The molecule has 0 aliphatic rings. The van der Waals surface area contributed by atoms with Gasteiger partial charge in [0.15, 0.2) is 0 Å². The van der Waals surface area contributed by atoms with Gasteiger partial charge in [-0.05, 0) is 25.5 Å². The Bertz CT molecular complexity index is 438. The summed E-state index contributed by atoms with van der Waals surface area (Å²) in [5.41, 5.74) is 0. The first kappa shape index (κ1) is 14.6. The lowest BCUT2D eigenvalue weighted by Gasteiger charge is -2.06. The SMILES string of the molecule is CNCc1cc(S(=O)(=O)NCCC(C)C)cs1. The van der Waals surface area contributed by atoms with Crippen LogP contribution in [0.15, 0.2) is 16.3 Å². The largest absolute Gasteiger partial charge is 0.315 e. The molecule has 1 aromatic rings. The van der Waals surface area contributed by atoms with Crippen molar-refractivity contribution in [3.05, 3.63) is 16.3 Å². The molecule has 0 amide bonds. The van der Waals surface area contributed by atoms with Crippen LogP contribution in [0.1, 0.15) is 25.1 Å². The van der Waals surface area contributed by atoms with Gasteiger partial charge in [-0.2, -0.15) is 0 Å². The van der Waals surface area contributed by atoms with Crippen LogP contribution in [-0.2, 0) is 16.6 Å². The summed E-state index contributed by atoms with van der Waals surface area (Å²) in [6, 6.07) is 1.72. The summed E-state index contributed by atoms with van der Waals surface area (Å²) in [6.07, 6.45) is 0.854. The van der Waals surface area contributed by atoms with Gasteiger partial charge in [0.1, 0.15) is 0 Å². The summed E-state index contributed by atoms with van der Waals surface area (Å²) >= 11 is 1.46. The standard InChI is InChI=1S/C11H20N2O2S2/c1-9(2)4-5-13-17(14,15)11-6-10(7-12-3)16-8-11/h6,8-9,12-13H,4-5,7H2,1-3H3. The molecule has 1 rings (SSSR count). The molecule has 2 N–H and O–H groups in total. The summed E-state index contributed by atoms with van der Waals surface area (Å²) in [6.45, 7) is 5.34. The van der Waals surface area contributed by atoms with Crippen LogP contribution in [0.25, 0.3) is 0 Å². The predicted octanol–water partition coefficient (Wildman–Crippen LogP) is 1.79. The van der Waals surface area contributed by atoms with E-state index in [0.717, 1.165) is 11.3 Å². The van der Waals surface area contributed by atoms with Crippen molar-refractivity contribution in [1.29, 1.82) is 0 Å². The van der Waals surface area contributed by atoms with Crippen LogP contribution in [0.5, 0.6) is 0 Å². The van der Waals surface area contributed by atoms with Crippen molar-refractivity contribution in [3.63, 3.8) is 0 Å². The van der Waals surface area contributed by atoms with Gasteiger partial charge >= 0.3 is 0 Å². The zero-order valence-corrected chi connectivity index (χ0v) is 12.1. The molecule has 0 bridgehead atoms. The van der Waals surface area contributed by atoms with Crippen LogP contribution >= 0.6 is 11.3 Å². The summed E-state index contributed by atoms with van der Waals surface area (Å²) in [5.74, 6) is 0.500. The van der Waals surface area contributed by atoms with Gasteiger partial charge in [0.25, 0.3) is 0 Å². The molecule has 0 atom stereocenters. The van der Waals surface area contributed by atoms with E-state index in [1.165, 1.54) is 11.3 Å². The molecule has 0 spiro atoms. The molecule has 98 valence electrons. The Kier molecular flexibility index (Phi) is 5.58. The maximum Gasteiger partial charge on any atom is 0.241 e. The monoisotopic (exact) mass is 276 g/mol. The van der Waals surface area contributed by atoms with Gasteiger partial charge in [-0.3, -0.25) is 0 Å². The quantitative estimate of drug-likeness (QED) is 0.798. The summed E-state index contributed by atoms with van der Waals surface area (Å²) in [7, 11) is -1.48. The molecule has 0 fully saturated rings. The molecule has 0 unspecified atom stereocenters. The molecule has 0 aromatic carbocycles. The molecule has 0 aliphatic heterocycles. The van der Waals surface area contributed by atoms with Crippen LogP contribution in [0.2, 0.25) is 0 Å². The van der Waals surface area contributed by atoms with Crippen molar-refractivity contribution >= 4 is 21.4 Å². The number of sulfonamides is 1. The Labute approximate surface area is 107 Å². The van der Waals surface area contributed by atoms with Crippen LogP contribution in [0.4, 0.5) is 0 Å². The lowest BCUT2D eigenvalue weighted by atomic mass is 10.1. The maximum atomic E-state index is 11.9. The topological polar surface area (TPSA) is 58.2 Å². The third-order valence-electron chi connectivity index (χ3n) is 2.30. The van der Waals surface area contributed by atoms with E-state index >= 15 is 0 Å². The second kappa shape index (κ2) is 6.49. The number of nitrogens with one attached hydrogen (secondary N) is 2. The molecule has 17 heavy (non-hydrogen) atoms. The van der Waals surface area contributed by atoms with Gasteiger partial charge in [-0.15, -0.1) is 11.3 Å². The van der Waals surface area contributed by atoms with Crippen LogP contribution in [0, 0.1) is 5.92 Å². The number of hydrogen-bond acceptors (Lipinski definition) is 4. The van der Waals surface area contributed by atoms with Crippen molar-refractivity contribution in [2.45, 2.75) is 31.7 Å². The highest BCUT2D eigenvalue weighted by Gasteiger charge is 2.15. The minimum atomic E-state index is -3.32. The zero-order chi connectivity index (χ0) is 12.9. The van der Waals surface area contributed by atoms with E-state index in [2.05, 4.69) is 23.9 Å². The highest BCUT2D eigenvalue weighted by Crippen LogP contribution is 2.19. The lowest BCUT2D eigenvalue weighted by molar-refractivity contribution is 0.552. The highest BCUT2D eigenvalue weighted by atomic mass is 32.2. The van der Waals surface area contributed by atoms with E-state index < -0.39 is 10.0 Å². The summed E-state index contributed by atoms with van der Waals surface area (Å²) in [5, 5.41) is 4.69. The second-order valence-electron chi connectivity index (χ2n) is 4.36. The molecule has 0 saturated carbocycles. The molecule has 6 heteroatoms. The molecular formula is C11H20N2O2S2. The average Bonchev–Trinajstić information content (AvgIpc) is 2.66.